The Kier molecular flexibility index (Phi) is 4.50. The third-order valence-corrected chi connectivity index (χ3v) is 3.06. The minimum Gasteiger partial charge on any atom is -0.266 e. The van der Waals surface area contributed by atoms with Gasteiger partial charge in [-0.3, -0.25) is 9.67 Å². The Morgan fingerprint density at radius 2 is 2.16 bits per heavy atom. The molecule has 0 unspecified atom stereocenters. The minimum atomic E-state index is 0.739. The van der Waals surface area contributed by atoms with Gasteiger partial charge in [-0.05, 0) is 38.0 Å². The third-order valence-electron chi connectivity index (χ3n) is 3.06. The van der Waals surface area contributed by atoms with E-state index in [0.717, 1.165) is 25.1 Å². The summed E-state index contributed by atoms with van der Waals surface area (Å²) in [5.74, 6) is 0. The molecule has 0 N–H and O–H groups in total. The molecule has 0 atom stereocenters. The van der Waals surface area contributed by atoms with E-state index >= 15 is 0 Å². The van der Waals surface area contributed by atoms with E-state index in [1.807, 2.05) is 29.1 Å². The molecule has 0 saturated carbocycles. The second kappa shape index (κ2) is 6.32. The molecule has 100 valence electrons. The lowest BCUT2D eigenvalue weighted by atomic mass is 10.1. The van der Waals surface area contributed by atoms with Gasteiger partial charge in [0, 0.05) is 18.8 Å². The van der Waals surface area contributed by atoms with Crippen molar-refractivity contribution in [2.45, 2.75) is 40.2 Å². The van der Waals surface area contributed by atoms with E-state index in [1.54, 1.807) is 0 Å². The van der Waals surface area contributed by atoms with E-state index in [0.29, 0.717) is 0 Å². The molecule has 0 aromatic carbocycles. The molecule has 0 aliphatic rings. The standard InChI is InChI=1S/C16H21N3/c1-4-14-11-19(12-15-7-5-6-10-17-15)18-16(14)9-8-13(2)3/h5-8,10-11H,4,9,12H2,1-3H3. The van der Waals surface area contributed by atoms with Crippen molar-refractivity contribution in [1.82, 2.24) is 14.8 Å². The fraction of sp³-hybridized carbons (Fsp3) is 0.375. The molecule has 19 heavy (non-hydrogen) atoms. The fourth-order valence-corrected chi connectivity index (χ4v) is 2.01. The van der Waals surface area contributed by atoms with Crippen LogP contribution in [0, 0.1) is 0 Å². The summed E-state index contributed by atoms with van der Waals surface area (Å²) >= 11 is 0. The molecule has 2 aromatic heterocycles. The highest BCUT2D eigenvalue weighted by Crippen LogP contribution is 2.11. The van der Waals surface area contributed by atoms with Gasteiger partial charge in [-0.2, -0.15) is 5.10 Å². The van der Waals surface area contributed by atoms with Crippen molar-refractivity contribution in [1.29, 1.82) is 0 Å². The van der Waals surface area contributed by atoms with Gasteiger partial charge in [-0.25, -0.2) is 0 Å². The van der Waals surface area contributed by atoms with Crippen LogP contribution in [0.1, 0.15) is 37.7 Å². The molecule has 3 heteroatoms. The fourth-order valence-electron chi connectivity index (χ4n) is 2.01. The van der Waals surface area contributed by atoms with Crippen molar-refractivity contribution in [3.8, 4) is 0 Å². The maximum Gasteiger partial charge on any atom is 0.0831 e. The van der Waals surface area contributed by atoms with Crippen LogP contribution in [0.5, 0.6) is 0 Å². The zero-order valence-corrected chi connectivity index (χ0v) is 11.9. The SMILES string of the molecule is CCc1cn(Cc2ccccn2)nc1CC=C(C)C. The van der Waals surface area contributed by atoms with Gasteiger partial charge >= 0.3 is 0 Å². The highest BCUT2D eigenvalue weighted by atomic mass is 15.3. The lowest BCUT2D eigenvalue weighted by Crippen LogP contribution is -2.02. The molecule has 3 nitrogen and oxygen atoms in total. The highest BCUT2D eigenvalue weighted by Gasteiger charge is 2.06. The van der Waals surface area contributed by atoms with Gasteiger partial charge in [-0.1, -0.05) is 24.6 Å². The first-order chi connectivity index (χ1) is 9.19. The van der Waals surface area contributed by atoms with Crippen LogP contribution in [0.25, 0.3) is 0 Å². The molecule has 2 aromatic rings. The molecule has 0 spiro atoms. The first-order valence-corrected chi connectivity index (χ1v) is 6.77. The van der Waals surface area contributed by atoms with E-state index in [-0.39, 0.29) is 0 Å². The highest BCUT2D eigenvalue weighted by molar-refractivity contribution is 5.21. The van der Waals surface area contributed by atoms with Crippen LogP contribution < -0.4 is 0 Å². The number of aromatic nitrogens is 3. The van der Waals surface area contributed by atoms with Crippen LogP contribution in [0.4, 0.5) is 0 Å². The smallest absolute Gasteiger partial charge is 0.0831 e. The van der Waals surface area contributed by atoms with E-state index in [9.17, 15) is 0 Å². The zero-order valence-electron chi connectivity index (χ0n) is 11.9. The number of rotatable bonds is 5. The van der Waals surface area contributed by atoms with Crippen LogP contribution >= 0.6 is 0 Å². The van der Waals surface area contributed by atoms with Gasteiger partial charge < -0.3 is 0 Å². The Bertz CT molecular complexity index is 549. The monoisotopic (exact) mass is 255 g/mol. The predicted octanol–water partition coefficient (Wildman–Crippen LogP) is 3.40. The second-order valence-electron chi connectivity index (χ2n) is 4.96. The first-order valence-electron chi connectivity index (χ1n) is 6.77. The van der Waals surface area contributed by atoms with Crippen molar-refractivity contribution in [2.75, 3.05) is 0 Å². The van der Waals surface area contributed by atoms with Gasteiger partial charge in [0.05, 0.1) is 17.9 Å². The van der Waals surface area contributed by atoms with E-state index < -0.39 is 0 Å². The molecule has 0 saturated heterocycles. The van der Waals surface area contributed by atoms with Crippen molar-refractivity contribution in [2.24, 2.45) is 0 Å². The Balaban J connectivity index is 2.16. The largest absolute Gasteiger partial charge is 0.266 e. The van der Waals surface area contributed by atoms with Crippen molar-refractivity contribution < 1.29 is 0 Å². The van der Waals surface area contributed by atoms with Gasteiger partial charge in [0.1, 0.15) is 0 Å². The topological polar surface area (TPSA) is 30.7 Å². The van der Waals surface area contributed by atoms with Gasteiger partial charge in [-0.15, -0.1) is 0 Å². The number of pyridine rings is 1. The van der Waals surface area contributed by atoms with Gasteiger partial charge in [0.25, 0.3) is 0 Å². The summed E-state index contributed by atoms with van der Waals surface area (Å²) in [5.41, 5.74) is 4.89. The summed E-state index contributed by atoms with van der Waals surface area (Å²) in [6.45, 7) is 7.16. The maximum atomic E-state index is 4.68. The average Bonchev–Trinajstić information content (AvgIpc) is 2.79. The maximum absolute atomic E-state index is 4.68. The van der Waals surface area contributed by atoms with Crippen molar-refractivity contribution >= 4 is 0 Å². The summed E-state index contributed by atoms with van der Waals surface area (Å²) in [6.07, 6.45) is 8.13. The zero-order chi connectivity index (χ0) is 13.7. The molecule has 0 aliphatic carbocycles. The van der Waals surface area contributed by atoms with Crippen LogP contribution in [0.15, 0.2) is 42.2 Å². The number of allylic oxidation sites excluding steroid dienone is 2. The Labute approximate surface area is 115 Å². The van der Waals surface area contributed by atoms with Gasteiger partial charge in [0.2, 0.25) is 0 Å². The first kappa shape index (κ1) is 13.5. The number of hydrogen-bond donors (Lipinski definition) is 0. The summed E-state index contributed by atoms with van der Waals surface area (Å²) < 4.78 is 2.00. The number of aryl methyl sites for hydroxylation is 1. The van der Waals surface area contributed by atoms with Crippen molar-refractivity contribution in [3.05, 3.63) is 59.2 Å². The molecule has 0 radical (unpaired) electrons. The second-order valence-corrected chi connectivity index (χ2v) is 4.96. The molecule has 2 rings (SSSR count). The lowest BCUT2D eigenvalue weighted by Gasteiger charge is -1.99. The number of hydrogen-bond acceptors (Lipinski definition) is 2. The Morgan fingerprint density at radius 3 is 2.79 bits per heavy atom. The average molecular weight is 255 g/mol. The molecular weight excluding hydrogens is 234 g/mol. The normalized spacial score (nSPS) is 10.5. The summed E-state index contributed by atoms with van der Waals surface area (Å²) in [4.78, 5) is 4.34. The van der Waals surface area contributed by atoms with Crippen LogP contribution in [-0.2, 0) is 19.4 Å². The van der Waals surface area contributed by atoms with E-state index in [4.69, 9.17) is 0 Å². The van der Waals surface area contributed by atoms with Gasteiger partial charge in [0.15, 0.2) is 0 Å². The summed E-state index contributed by atoms with van der Waals surface area (Å²) in [5, 5.41) is 4.68. The molecule has 0 bridgehead atoms. The Hall–Kier alpha value is -1.90. The molecule has 0 amide bonds. The van der Waals surface area contributed by atoms with E-state index in [1.165, 1.54) is 16.8 Å². The third kappa shape index (κ3) is 3.78. The molecular formula is C16H21N3. The molecule has 0 aliphatic heterocycles. The lowest BCUT2D eigenvalue weighted by molar-refractivity contribution is 0.663. The van der Waals surface area contributed by atoms with Crippen LogP contribution in [0.2, 0.25) is 0 Å². The van der Waals surface area contributed by atoms with Crippen LogP contribution in [-0.4, -0.2) is 14.8 Å². The summed E-state index contributed by atoms with van der Waals surface area (Å²) in [6, 6.07) is 5.98. The Morgan fingerprint density at radius 1 is 1.32 bits per heavy atom. The molecule has 2 heterocycles. The molecule has 0 fully saturated rings. The van der Waals surface area contributed by atoms with E-state index in [2.05, 4.69) is 43.1 Å². The predicted molar refractivity (Wildman–Crippen MR) is 78.1 cm³/mol. The van der Waals surface area contributed by atoms with Crippen molar-refractivity contribution in [3.63, 3.8) is 0 Å². The summed E-state index contributed by atoms with van der Waals surface area (Å²) in [7, 11) is 0. The minimum absolute atomic E-state index is 0.739. The van der Waals surface area contributed by atoms with Crippen LogP contribution in [0.3, 0.4) is 0 Å². The number of nitrogens with zero attached hydrogens (tertiary/aromatic N) is 3. The quantitative estimate of drug-likeness (QED) is 0.767.